The first kappa shape index (κ1) is 15.1. The molecule has 0 bridgehead atoms. The minimum Gasteiger partial charge on any atom is -0.377 e. The molecule has 0 atom stereocenters. The van der Waals surface area contributed by atoms with E-state index in [9.17, 15) is 0 Å². The maximum Gasteiger partial charge on any atom is 0.543 e. The molecule has 2 nitrogen and oxygen atoms in total. The van der Waals surface area contributed by atoms with Gasteiger partial charge in [-0.1, -0.05) is 85.7 Å². The highest BCUT2D eigenvalue weighted by Gasteiger charge is 2.44. The molecule has 16 heavy (non-hydrogen) atoms. The fourth-order valence-electron chi connectivity index (χ4n) is 0.906. The molecular formula is C7H7Cl5O2Si2. The second-order valence-electron chi connectivity index (χ2n) is 2.79. The molecule has 0 aromatic heterocycles. The number of hydrogen-bond acceptors (Lipinski definition) is 2. The monoisotopic (exact) mass is 354 g/mol. The third-order valence-corrected chi connectivity index (χ3v) is 7.97. The Hall–Kier alpha value is 1.02. The second kappa shape index (κ2) is 6.27. The number of rotatable bonds is 5. The molecule has 0 N–H and O–H groups in total. The Morgan fingerprint density at radius 1 is 0.938 bits per heavy atom. The molecule has 9 heteroatoms. The van der Waals surface area contributed by atoms with Gasteiger partial charge in [-0.25, -0.2) is 0 Å². The highest BCUT2D eigenvalue weighted by Crippen LogP contribution is 2.31. The van der Waals surface area contributed by atoms with E-state index in [1.165, 1.54) is 0 Å². The lowest BCUT2D eigenvalue weighted by Crippen LogP contribution is -2.37. The molecule has 0 heterocycles. The van der Waals surface area contributed by atoms with E-state index in [-0.39, 0.29) is 6.61 Å². The van der Waals surface area contributed by atoms with Crippen molar-refractivity contribution in [2.45, 2.75) is 6.61 Å². The Morgan fingerprint density at radius 3 is 2.00 bits per heavy atom. The fourth-order valence-corrected chi connectivity index (χ4v) is 10.0. The summed E-state index contributed by atoms with van der Waals surface area (Å²) in [5, 5.41) is 0. The van der Waals surface area contributed by atoms with Gasteiger partial charge in [0.2, 0.25) is 0 Å². The third-order valence-electron chi connectivity index (χ3n) is 1.48. The first-order valence-electron chi connectivity index (χ1n) is 4.11. The number of halogens is 5. The molecule has 0 spiro atoms. The Balaban J connectivity index is 2.48. The van der Waals surface area contributed by atoms with Gasteiger partial charge < -0.3 is 8.54 Å². The van der Waals surface area contributed by atoms with Crippen LogP contribution in [0.4, 0.5) is 0 Å². The Kier molecular flexibility index (Phi) is 5.91. The van der Waals surface area contributed by atoms with E-state index in [0.29, 0.717) is 0 Å². The van der Waals surface area contributed by atoms with Gasteiger partial charge >= 0.3 is 13.4 Å². The molecule has 1 aromatic carbocycles. The Labute approximate surface area is 119 Å². The molecule has 90 valence electrons. The van der Waals surface area contributed by atoms with Crippen molar-refractivity contribution >= 4 is 68.8 Å². The molecule has 0 radical (unpaired) electrons. The van der Waals surface area contributed by atoms with E-state index in [2.05, 4.69) is 0 Å². The molecule has 0 unspecified atom stereocenters. The van der Waals surface area contributed by atoms with Crippen molar-refractivity contribution in [1.29, 1.82) is 0 Å². The lowest BCUT2D eigenvalue weighted by molar-refractivity contribution is 0.265. The van der Waals surface area contributed by atoms with E-state index in [1.54, 1.807) is 0 Å². The van der Waals surface area contributed by atoms with E-state index in [0.717, 1.165) is 5.56 Å². The summed E-state index contributed by atoms with van der Waals surface area (Å²) in [5.74, 6) is 0. The molecule has 0 fully saturated rings. The average molecular weight is 357 g/mol. The molecule has 0 saturated carbocycles. The summed E-state index contributed by atoms with van der Waals surface area (Å²) in [6.45, 7) is 0.217. The summed E-state index contributed by atoms with van der Waals surface area (Å²) in [4.78, 5) is 0. The van der Waals surface area contributed by atoms with E-state index in [4.69, 9.17) is 63.9 Å². The van der Waals surface area contributed by atoms with Gasteiger partial charge in [0.1, 0.15) is 0 Å². The molecule has 0 aliphatic carbocycles. The lowest BCUT2D eigenvalue weighted by Gasteiger charge is -2.20. The van der Waals surface area contributed by atoms with Gasteiger partial charge in [-0.15, -0.1) is 0 Å². The van der Waals surface area contributed by atoms with Crippen LogP contribution in [0.2, 0.25) is 0 Å². The maximum absolute atomic E-state index is 5.81. The van der Waals surface area contributed by atoms with Crippen LogP contribution in [0.1, 0.15) is 5.56 Å². The van der Waals surface area contributed by atoms with Gasteiger partial charge in [-0.05, 0) is 5.56 Å². The first-order valence-corrected chi connectivity index (χ1v) is 12.9. The summed E-state index contributed by atoms with van der Waals surface area (Å²) < 4.78 is 10.2. The minimum absolute atomic E-state index is 0.217. The van der Waals surface area contributed by atoms with Crippen LogP contribution in [0.3, 0.4) is 0 Å². The Morgan fingerprint density at radius 2 is 1.50 bits per heavy atom. The topological polar surface area (TPSA) is 18.5 Å². The summed E-state index contributed by atoms with van der Waals surface area (Å²) in [6.07, 6.45) is -3.34. The van der Waals surface area contributed by atoms with Crippen LogP contribution in [0.15, 0.2) is 30.3 Å². The summed E-state index contributed by atoms with van der Waals surface area (Å²) >= 11 is 28.2. The maximum atomic E-state index is 5.81. The van der Waals surface area contributed by atoms with Gasteiger partial charge in [-0.3, -0.25) is 0 Å². The van der Waals surface area contributed by atoms with Gasteiger partial charge in [-0.2, -0.15) is 0 Å². The van der Waals surface area contributed by atoms with Gasteiger partial charge in [0.15, 0.2) is 0 Å². The van der Waals surface area contributed by atoms with Gasteiger partial charge in [0.05, 0.1) is 6.61 Å². The molecule has 0 aliphatic heterocycles. The summed E-state index contributed by atoms with van der Waals surface area (Å²) in [6, 6.07) is 9.36. The van der Waals surface area contributed by atoms with E-state index >= 15 is 0 Å². The number of benzene rings is 1. The van der Waals surface area contributed by atoms with Crippen molar-refractivity contribution in [3.63, 3.8) is 0 Å². The molecule has 1 aromatic rings. The number of hydrogen-bond donors (Lipinski definition) is 0. The zero-order valence-corrected chi connectivity index (χ0v) is 13.6. The lowest BCUT2D eigenvalue weighted by atomic mass is 10.2. The molecule has 1 rings (SSSR count). The van der Waals surface area contributed by atoms with Crippen molar-refractivity contribution in [2.24, 2.45) is 0 Å². The third kappa shape index (κ3) is 6.68. The van der Waals surface area contributed by atoms with Crippen LogP contribution in [0.5, 0.6) is 0 Å². The fraction of sp³-hybridized carbons (Fsp3) is 0.143. The predicted molar refractivity (Wildman–Crippen MR) is 73.1 cm³/mol. The standard InChI is InChI=1S/C7H7Cl5O2Si2/c8-15(9,10)14-16(11,12)13-6-7-4-2-1-3-5-7/h1-5H,6H2. The molecule has 0 saturated heterocycles. The van der Waals surface area contributed by atoms with Crippen LogP contribution in [-0.4, -0.2) is 13.4 Å². The zero-order chi connectivity index (χ0) is 12.2. The predicted octanol–water partition coefficient (Wildman–Crippen LogP) is 4.29. The summed E-state index contributed by atoms with van der Waals surface area (Å²) in [5.41, 5.74) is 0.912. The van der Waals surface area contributed by atoms with Crippen molar-refractivity contribution in [2.75, 3.05) is 0 Å². The van der Waals surface area contributed by atoms with Crippen LogP contribution in [0.25, 0.3) is 0 Å². The van der Waals surface area contributed by atoms with Crippen LogP contribution >= 0.6 is 55.4 Å². The van der Waals surface area contributed by atoms with Crippen molar-refractivity contribution in [3.05, 3.63) is 35.9 Å². The average Bonchev–Trinajstić information content (AvgIpc) is 2.13. The van der Waals surface area contributed by atoms with Crippen LogP contribution < -0.4 is 0 Å². The van der Waals surface area contributed by atoms with Gasteiger partial charge in [0, 0.05) is 0 Å². The van der Waals surface area contributed by atoms with Crippen molar-refractivity contribution in [3.8, 4) is 0 Å². The second-order valence-corrected chi connectivity index (χ2v) is 15.8. The van der Waals surface area contributed by atoms with Gasteiger partial charge in [0.25, 0.3) is 0 Å². The smallest absolute Gasteiger partial charge is 0.377 e. The molecular weight excluding hydrogens is 350 g/mol. The molecule has 0 amide bonds. The zero-order valence-electron chi connectivity index (χ0n) is 7.80. The van der Waals surface area contributed by atoms with E-state index in [1.807, 2.05) is 30.3 Å². The largest absolute Gasteiger partial charge is 0.543 e. The normalized spacial score (nSPS) is 12.8. The van der Waals surface area contributed by atoms with E-state index < -0.39 is 13.4 Å². The van der Waals surface area contributed by atoms with Crippen molar-refractivity contribution in [1.82, 2.24) is 0 Å². The Bertz CT molecular complexity index is 329. The first-order chi connectivity index (χ1) is 7.29. The SMILES string of the molecule is Cl[Si](Cl)(Cl)O[Si](Cl)(Cl)OCc1ccccc1. The highest BCUT2D eigenvalue weighted by atomic mass is 35.8. The van der Waals surface area contributed by atoms with Crippen LogP contribution in [0, 0.1) is 0 Å². The quantitative estimate of drug-likeness (QED) is 0.579. The summed E-state index contributed by atoms with van der Waals surface area (Å²) in [7, 11) is -3.41. The van der Waals surface area contributed by atoms with Crippen LogP contribution in [-0.2, 0) is 15.1 Å². The minimum atomic E-state index is -3.41. The highest BCUT2D eigenvalue weighted by molar-refractivity contribution is 7.64. The molecule has 0 aliphatic rings. The van der Waals surface area contributed by atoms with Crippen molar-refractivity contribution < 1.29 is 8.54 Å².